The van der Waals surface area contributed by atoms with Crippen molar-refractivity contribution in [2.75, 3.05) is 65.0 Å². The smallest absolute Gasteiger partial charge is 0.410 e. The number of carbonyl (C=O) groups excluding carboxylic acids is 4. The lowest BCUT2D eigenvalue weighted by atomic mass is 10.1. The number of hydrogen-bond acceptors (Lipinski definition) is 8. The second-order valence-corrected chi connectivity index (χ2v) is 11.4. The van der Waals surface area contributed by atoms with Crippen molar-refractivity contribution in [3.8, 4) is 0 Å². The van der Waals surface area contributed by atoms with Crippen LogP contribution in [0, 0.1) is 0 Å². The third kappa shape index (κ3) is 9.50. The molecular weight excluding hydrogens is 508 g/mol. The van der Waals surface area contributed by atoms with Crippen molar-refractivity contribution in [3.63, 3.8) is 0 Å². The Bertz CT molecular complexity index is 829. The van der Waals surface area contributed by atoms with Crippen molar-refractivity contribution < 1.29 is 38.5 Å². The molecule has 0 bridgehead atoms. The van der Waals surface area contributed by atoms with E-state index < -0.39 is 23.3 Å². The van der Waals surface area contributed by atoms with Gasteiger partial charge in [0.05, 0.1) is 25.3 Å². The molecule has 212 valence electrons. The molecule has 13 heteroatoms. The number of aliphatic hydroxyl groups excluding tert-OH is 1. The number of fused-ring (bicyclic) bond motifs is 1. The van der Waals surface area contributed by atoms with Crippen LogP contribution in [0.25, 0.3) is 0 Å². The molecule has 3 heterocycles. The fraction of sp³-hybridized carbons (Fsp3) is 0.833. The first-order valence-electron chi connectivity index (χ1n) is 12.4. The summed E-state index contributed by atoms with van der Waals surface area (Å²) in [5, 5.41) is 9.32. The highest BCUT2D eigenvalue weighted by Crippen LogP contribution is 2.18. The van der Waals surface area contributed by atoms with Crippen LogP contribution in [0.15, 0.2) is 0 Å². The SMILES string of the molecule is CC(C)(C)OC(=O)N1CCN(C(=O)CCl)[C@@H](CO)C1.CC(C)(C)OC(=O)N1CCN2C(=O)COC[C@H]2C1. The molecule has 0 unspecified atom stereocenters. The molecule has 0 spiro atoms. The molecule has 2 atom stereocenters. The Kier molecular flexibility index (Phi) is 10.8. The van der Waals surface area contributed by atoms with Gasteiger partial charge in [0.15, 0.2) is 0 Å². The molecule has 1 N–H and O–H groups in total. The van der Waals surface area contributed by atoms with Crippen molar-refractivity contribution >= 4 is 35.6 Å². The van der Waals surface area contributed by atoms with E-state index in [1.807, 2.05) is 20.8 Å². The number of hydrogen-bond donors (Lipinski definition) is 1. The third-order valence-corrected chi connectivity index (χ3v) is 6.00. The van der Waals surface area contributed by atoms with Crippen LogP contribution in [0.5, 0.6) is 0 Å². The summed E-state index contributed by atoms with van der Waals surface area (Å²) >= 11 is 5.52. The lowest BCUT2D eigenvalue weighted by Crippen LogP contribution is -2.61. The summed E-state index contributed by atoms with van der Waals surface area (Å²) in [6.45, 7) is 13.9. The van der Waals surface area contributed by atoms with Crippen LogP contribution in [0.2, 0.25) is 0 Å². The quantitative estimate of drug-likeness (QED) is 0.508. The highest BCUT2D eigenvalue weighted by atomic mass is 35.5. The normalized spacial score (nSPS) is 22.5. The predicted octanol–water partition coefficient (Wildman–Crippen LogP) is 1.13. The number of alkyl halides is 1. The van der Waals surface area contributed by atoms with E-state index in [-0.39, 0.29) is 49.6 Å². The van der Waals surface area contributed by atoms with Gasteiger partial charge in [-0.3, -0.25) is 9.59 Å². The lowest BCUT2D eigenvalue weighted by Gasteiger charge is -2.43. The number of aliphatic hydroxyl groups is 1. The van der Waals surface area contributed by atoms with Crippen molar-refractivity contribution in [2.24, 2.45) is 0 Å². The van der Waals surface area contributed by atoms with Crippen LogP contribution in [0.3, 0.4) is 0 Å². The Balaban J connectivity index is 0.000000260. The van der Waals surface area contributed by atoms with Crippen LogP contribution >= 0.6 is 11.6 Å². The van der Waals surface area contributed by atoms with E-state index in [1.165, 1.54) is 9.80 Å². The van der Waals surface area contributed by atoms with Gasteiger partial charge < -0.3 is 38.9 Å². The van der Waals surface area contributed by atoms with Crippen molar-refractivity contribution in [2.45, 2.75) is 64.8 Å². The third-order valence-electron chi connectivity index (χ3n) is 5.77. The highest BCUT2D eigenvalue weighted by Gasteiger charge is 2.37. The maximum Gasteiger partial charge on any atom is 0.410 e. The van der Waals surface area contributed by atoms with Crippen LogP contribution < -0.4 is 0 Å². The first kappa shape index (κ1) is 30.9. The molecule has 0 saturated carbocycles. The van der Waals surface area contributed by atoms with Gasteiger partial charge in [0.25, 0.3) is 0 Å². The highest BCUT2D eigenvalue weighted by molar-refractivity contribution is 6.27. The minimum Gasteiger partial charge on any atom is -0.444 e. The van der Waals surface area contributed by atoms with Crippen LogP contribution in [-0.2, 0) is 23.8 Å². The largest absolute Gasteiger partial charge is 0.444 e. The molecule has 3 fully saturated rings. The zero-order chi connectivity index (χ0) is 28.0. The standard InChI is InChI=1S/C12H21ClN2O4.C12H20N2O4/c1-12(2,3)19-11(18)14-4-5-15(10(17)6-13)9(7-14)8-16;1-12(2,3)18-11(16)13-4-5-14-9(6-13)7-17-8-10(14)15/h9,16H,4-8H2,1-3H3;9H,4-8H2,1-3H3/t2*9-/m11/s1. The molecule has 4 amide bonds. The molecule has 3 rings (SSSR count). The van der Waals surface area contributed by atoms with Crippen molar-refractivity contribution in [3.05, 3.63) is 0 Å². The van der Waals surface area contributed by atoms with E-state index in [2.05, 4.69) is 0 Å². The molecule has 0 aromatic rings. The van der Waals surface area contributed by atoms with E-state index in [0.717, 1.165) is 0 Å². The van der Waals surface area contributed by atoms with E-state index in [0.29, 0.717) is 39.3 Å². The summed E-state index contributed by atoms with van der Waals surface area (Å²) < 4.78 is 15.8. The summed E-state index contributed by atoms with van der Waals surface area (Å²) in [5.41, 5.74) is -1.05. The fourth-order valence-corrected chi connectivity index (χ4v) is 4.25. The summed E-state index contributed by atoms with van der Waals surface area (Å²) in [5.74, 6) is -0.345. The zero-order valence-electron chi connectivity index (χ0n) is 22.7. The van der Waals surface area contributed by atoms with Gasteiger partial charge in [-0.25, -0.2) is 9.59 Å². The Morgan fingerprint density at radius 2 is 1.49 bits per heavy atom. The molecule has 37 heavy (non-hydrogen) atoms. The summed E-state index contributed by atoms with van der Waals surface area (Å²) in [4.78, 5) is 53.5. The Hall–Kier alpha value is -2.31. The molecule has 3 aliphatic heterocycles. The zero-order valence-corrected chi connectivity index (χ0v) is 23.5. The maximum absolute atomic E-state index is 11.9. The van der Waals surface area contributed by atoms with E-state index in [9.17, 15) is 24.3 Å². The summed E-state index contributed by atoms with van der Waals surface area (Å²) in [6.07, 6.45) is -0.746. The number of rotatable bonds is 2. The fourth-order valence-electron chi connectivity index (χ4n) is 4.09. The Morgan fingerprint density at radius 3 is 2.00 bits per heavy atom. The van der Waals surface area contributed by atoms with Gasteiger partial charge >= 0.3 is 12.2 Å². The molecule has 0 aromatic heterocycles. The van der Waals surface area contributed by atoms with Gasteiger partial charge in [-0.05, 0) is 41.5 Å². The van der Waals surface area contributed by atoms with Crippen LogP contribution in [0.4, 0.5) is 9.59 Å². The number of piperazine rings is 2. The topological polar surface area (TPSA) is 129 Å². The average Bonchev–Trinajstić information content (AvgIpc) is 2.81. The molecule has 12 nitrogen and oxygen atoms in total. The van der Waals surface area contributed by atoms with Crippen LogP contribution in [0.1, 0.15) is 41.5 Å². The Morgan fingerprint density at radius 1 is 0.946 bits per heavy atom. The number of nitrogens with zero attached hydrogens (tertiary/aromatic N) is 4. The number of ether oxygens (including phenoxy) is 3. The van der Waals surface area contributed by atoms with Gasteiger partial charge in [0, 0.05) is 39.3 Å². The minimum absolute atomic E-state index is 0.00934. The predicted molar refractivity (Wildman–Crippen MR) is 135 cm³/mol. The second-order valence-electron chi connectivity index (χ2n) is 11.2. The van der Waals surface area contributed by atoms with E-state index >= 15 is 0 Å². The van der Waals surface area contributed by atoms with Gasteiger partial charge in [-0.2, -0.15) is 0 Å². The molecule has 0 aliphatic carbocycles. The monoisotopic (exact) mass is 548 g/mol. The summed E-state index contributed by atoms with van der Waals surface area (Å²) in [6, 6.07) is -0.458. The van der Waals surface area contributed by atoms with Crippen LogP contribution in [-0.4, -0.2) is 137 Å². The molecule has 0 aromatic carbocycles. The van der Waals surface area contributed by atoms with E-state index in [4.69, 9.17) is 25.8 Å². The van der Waals surface area contributed by atoms with Crippen molar-refractivity contribution in [1.29, 1.82) is 0 Å². The Labute approximate surface area is 223 Å². The van der Waals surface area contributed by atoms with Gasteiger partial charge in [0.1, 0.15) is 23.7 Å². The average molecular weight is 549 g/mol. The first-order chi connectivity index (χ1) is 17.1. The van der Waals surface area contributed by atoms with Gasteiger partial charge in [-0.1, -0.05) is 0 Å². The first-order valence-corrected chi connectivity index (χ1v) is 13.0. The summed E-state index contributed by atoms with van der Waals surface area (Å²) in [7, 11) is 0. The van der Waals surface area contributed by atoms with Gasteiger partial charge in [0.2, 0.25) is 11.8 Å². The molecule has 0 radical (unpaired) electrons. The molecule has 3 saturated heterocycles. The second kappa shape index (κ2) is 13.0. The van der Waals surface area contributed by atoms with Crippen molar-refractivity contribution in [1.82, 2.24) is 19.6 Å². The lowest BCUT2D eigenvalue weighted by molar-refractivity contribution is -0.152. The van der Waals surface area contributed by atoms with E-state index in [1.54, 1.807) is 30.6 Å². The number of halogens is 1. The molecule has 3 aliphatic rings. The van der Waals surface area contributed by atoms with Gasteiger partial charge in [-0.15, -0.1) is 11.6 Å². The molecular formula is C24H41ClN4O8. The maximum atomic E-state index is 11.9. The number of carbonyl (C=O) groups is 4. The number of morpholine rings is 1. The number of amides is 4. The minimum atomic E-state index is -0.561.